The summed E-state index contributed by atoms with van der Waals surface area (Å²) in [5, 5.41) is 22.6. The van der Waals surface area contributed by atoms with Gasteiger partial charge in [0.2, 0.25) is 0 Å². The van der Waals surface area contributed by atoms with Crippen LogP contribution in [0.2, 0.25) is 0 Å². The molecule has 1 aliphatic heterocycles. The Labute approximate surface area is 189 Å². The first-order chi connectivity index (χ1) is 14.7. The zero-order chi connectivity index (χ0) is 24.2. The van der Waals surface area contributed by atoms with Gasteiger partial charge in [-0.1, -0.05) is 20.8 Å². The van der Waals surface area contributed by atoms with E-state index in [1.807, 2.05) is 19.0 Å². The third kappa shape index (κ3) is 4.03. The van der Waals surface area contributed by atoms with Crippen LogP contribution in [0.3, 0.4) is 0 Å². The summed E-state index contributed by atoms with van der Waals surface area (Å²) in [5.41, 5.74) is -2.52. The molecule has 0 aromatic carbocycles. The number of fused-ring (bicyclic) bond motifs is 2. The van der Waals surface area contributed by atoms with Crippen LogP contribution >= 0.6 is 0 Å². The predicted octanol–water partition coefficient (Wildman–Crippen LogP) is 0.747. The smallest absolute Gasteiger partial charge is 0.311 e. The molecule has 2 aliphatic carbocycles. The van der Waals surface area contributed by atoms with Crippen molar-refractivity contribution in [3.8, 4) is 0 Å². The second kappa shape index (κ2) is 8.57. The molecule has 182 valence electrons. The van der Waals surface area contributed by atoms with Gasteiger partial charge in [0.15, 0.2) is 0 Å². The van der Waals surface area contributed by atoms with Gasteiger partial charge in [0, 0.05) is 24.8 Å². The number of rotatable bonds is 5. The van der Waals surface area contributed by atoms with Crippen LogP contribution in [0.5, 0.6) is 0 Å². The lowest BCUT2D eigenvalue weighted by atomic mass is 9.48. The quantitative estimate of drug-likeness (QED) is 0.457. The molecule has 0 unspecified atom stereocenters. The average Bonchev–Trinajstić information content (AvgIpc) is 2.97. The molecule has 9 heteroatoms. The Morgan fingerprint density at radius 2 is 1.88 bits per heavy atom. The zero-order valence-electron chi connectivity index (χ0n) is 20.0. The standard InChI is InChI=1S/C23H37NO8/c1-11(2)20(27)31-16-15-13(10-24(6)7)21(28)32-17(15)19(30-12(3)25)23(5)14(26)8-9-22(4,29)18(16)23/h11,13-19,26,29H,8-10H2,1-7H3/t13-,14+,15+,16+,17+,18-,19+,22+,23-/m1/s1. The maximum absolute atomic E-state index is 13.0. The highest BCUT2D eigenvalue weighted by atomic mass is 16.6. The first-order valence-corrected chi connectivity index (χ1v) is 11.3. The van der Waals surface area contributed by atoms with Crippen molar-refractivity contribution in [1.29, 1.82) is 0 Å². The molecular weight excluding hydrogens is 418 g/mol. The van der Waals surface area contributed by atoms with Crippen molar-refractivity contribution >= 4 is 17.9 Å². The molecule has 1 heterocycles. The molecule has 0 spiro atoms. The Morgan fingerprint density at radius 3 is 2.41 bits per heavy atom. The topological polar surface area (TPSA) is 123 Å². The van der Waals surface area contributed by atoms with Crippen molar-refractivity contribution < 1.29 is 38.8 Å². The molecular formula is C23H37NO8. The molecule has 0 radical (unpaired) electrons. The van der Waals surface area contributed by atoms with Crippen molar-refractivity contribution in [3.63, 3.8) is 0 Å². The normalized spacial score (nSPS) is 43.5. The van der Waals surface area contributed by atoms with Gasteiger partial charge in [-0.05, 0) is 33.9 Å². The van der Waals surface area contributed by atoms with Gasteiger partial charge in [0.1, 0.15) is 18.3 Å². The molecule has 9 atom stereocenters. The molecule has 3 rings (SSSR count). The van der Waals surface area contributed by atoms with Crippen molar-refractivity contribution in [2.24, 2.45) is 29.1 Å². The van der Waals surface area contributed by atoms with Gasteiger partial charge in [-0.15, -0.1) is 0 Å². The summed E-state index contributed by atoms with van der Waals surface area (Å²) >= 11 is 0. The minimum atomic E-state index is -1.33. The molecule has 3 fully saturated rings. The van der Waals surface area contributed by atoms with E-state index in [0.717, 1.165) is 0 Å². The first kappa shape index (κ1) is 24.9. The fraction of sp³-hybridized carbons (Fsp3) is 0.870. The highest BCUT2D eigenvalue weighted by Crippen LogP contribution is 2.60. The minimum absolute atomic E-state index is 0.273. The highest BCUT2D eigenvalue weighted by molar-refractivity contribution is 5.77. The molecule has 2 saturated carbocycles. The fourth-order valence-corrected chi connectivity index (χ4v) is 6.17. The molecule has 0 bridgehead atoms. The van der Waals surface area contributed by atoms with Crippen LogP contribution in [0.4, 0.5) is 0 Å². The van der Waals surface area contributed by atoms with Gasteiger partial charge < -0.3 is 29.3 Å². The predicted molar refractivity (Wildman–Crippen MR) is 113 cm³/mol. The summed E-state index contributed by atoms with van der Waals surface area (Å²) in [5.74, 6) is -3.96. The van der Waals surface area contributed by atoms with Crippen LogP contribution in [0, 0.1) is 29.1 Å². The number of hydrogen-bond donors (Lipinski definition) is 2. The van der Waals surface area contributed by atoms with Crippen LogP contribution in [-0.2, 0) is 28.6 Å². The average molecular weight is 456 g/mol. The van der Waals surface area contributed by atoms with Crippen molar-refractivity contribution in [1.82, 2.24) is 4.90 Å². The van der Waals surface area contributed by atoms with Crippen molar-refractivity contribution in [2.45, 2.75) is 77.5 Å². The third-order valence-corrected chi connectivity index (χ3v) is 7.58. The summed E-state index contributed by atoms with van der Waals surface area (Å²) in [4.78, 5) is 39.6. The number of carbonyl (C=O) groups excluding carboxylic acids is 3. The molecule has 9 nitrogen and oxygen atoms in total. The lowest BCUT2D eigenvalue weighted by Crippen LogP contribution is -2.72. The highest BCUT2D eigenvalue weighted by Gasteiger charge is 2.72. The number of esters is 3. The van der Waals surface area contributed by atoms with Gasteiger partial charge in [0.05, 0.1) is 29.5 Å². The van der Waals surface area contributed by atoms with Crippen LogP contribution in [0.25, 0.3) is 0 Å². The largest absolute Gasteiger partial charge is 0.461 e. The zero-order valence-corrected chi connectivity index (χ0v) is 20.0. The number of aliphatic hydroxyl groups is 2. The van der Waals surface area contributed by atoms with Crippen LogP contribution in [0.1, 0.15) is 47.5 Å². The van der Waals surface area contributed by atoms with E-state index in [1.165, 1.54) is 6.92 Å². The Kier molecular flexibility index (Phi) is 6.68. The van der Waals surface area contributed by atoms with E-state index in [1.54, 1.807) is 27.7 Å². The second-order valence-corrected chi connectivity index (χ2v) is 10.7. The monoisotopic (exact) mass is 455 g/mol. The Bertz CT molecular complexity index is 765. The van der Waals surface area contributed by atoms with Crippen LogP contribution in [-0.4, -0.2) is 83.7 Å². The Hall–Kier alpha value is -1.71. The van der Waals surface area contributed by atoms with Crippen molar-refractivity contribution in [3.05, 3.63) is 0 Å². The summed E-state index contributed by atoms with van der Waals surface area (Å²) in [7, 11) is 3.65. The van der Waals surface area contributed by atoms with Gasteiger partial charge >= 0.3 is 17.9 Å². The van der Waals surface area contributed by atoms with Gasteiger partial charge in [-0.3, -0.25) is 14.4 Å². The van der Waals surface area contributed by atoms with Gasteiger partial charge in [-0.2, -0.15) is 0 Å². The van der Waals surface area contributed by atoms with E-state index in [2.05, 4.69) is 0 Å². The molecule has 2 N–H and O–H groups in total. The lowest BCUT2D eigenvalue weighted by Gasteiger charge is -2.61. The number of aliphatic hydroxyl groups excluding tert-OH is 1. The fourth-order valence-electron chi connectivity index (χ4n) is 6.17. The van der Waals surface area contributed by atoms with Crippen LogP contribution in [0.15, 0.2) is 0 Å². The van der Waals surface area contributed by atoms with Gasteiger partial charge in [0.25, 0.3) is 0 Å². The van der Waals surface area contributed by atoms with Gasteiger partial charge in [-0.25, -0.2) is 0 Å². The number of hydrogen-bond acceptors (Lipinski definition) is 9. The molecule has 0 aromatic rings. The lowest BCUT2D eigenvalue weighted by molar-refractivity contribution is -0.281. The Morgan fingerprint density at radius 1 is 1.25 bits per heavy atom. The number of carbonyl (C=O) groups is 3. The minimum Gasteiger partial charge on any atom is -0.461 e. The summed E-state index contributed by atoms with van der Waals surface area (Å²) in [6.45, 7) is 8.41. The van der Waals surface area contributed by atoms with Crippen LogP contribution < -0.4 is 0 Å². The maximum Gasteiger partial charge on any atom is 0.311 e. The van der Waals surface area contributed by atoms with E-state index in [4.69, 9.17) is 14.2 Å². The van der Waals surface area contributed by atoms with E-state index < -0.39 is 77.0 Å². The van der Waals surface area contributed by atoms with E-state index in [0.29, 0.717) is 6.54 Å². The number of nitrogens with zero attached hydrogens (tertiary/aromatic N) is 1. The third-order valence-electron chi connectivity index (χ3n) is 7.58. The van der Waals surface area contributed by atoms with E-state index in [-0.39, 0.29) is 12.8 Å². The maximum atomic E-state index is 13.0. The Balaban J connectivity index is 2.20. The summed E-state index contributed by atoms with van der Waals surface area (Å²) < 4.78 is 17.5. The van der Waals surface area contributed by atoms with E-state index in [9.17, 15) is 24.6 Å². The molecule has 1 saturated heterocycles. The van der Waals surface area contributed by atoms with Crippen molar-refractivity contribution in [2.75, 3.05) is 20.6 Å². The molecule has 32 heavy (non-hydrogen) atoms. The first-order valence-electron chi connectivity index (χ1n) is 11.3. The molecule has 0 amide bonds. The SMILES string of the molecule is CC(=O)O[C@H]1[C@H]2OC(=O)[C@H](CN(C)C)[C@H]2[C@H](OC(=O)C(C)C)[C@H]2[C@@]1(C)[C@@H](O)CC[C@]2(C)O. The molecule has 3 aliphatic rings. The summed E-state index contributed by atoms with van der Waals surface area (Å²) in [6.07, 6.45) is -3.18. The van der Waals surface area contributed by atoms with E-state index >= 15 is 0 Å². The molecule has 0 aromatic heterocycles. The number of ether oxygens (including phenoxy) is 3. The second-order valence-electron chi connectivity index (χ2n) is 10.7. The summed E-state index contributed by atoms with van der Waals surface area (Å²) in [6, 6.07) is 0.